The summed E-state index contributed by atoms with van der Waals surface area (Å²) >= 11 is 0. The summed E-state index contributed by atoms with van der Waals surface area (Å²) in [6, 6.07) is 3.94. The Labute approximate surface area is 123 Å². The average molecular weight is 276 g/mol. The molecule has 1 saturated heterocycles. The maximum atomic E-state index is 9.47. The third-order valence-electron chi connectivity index (χ3n) is 5.13. The van der Waals surface area contributed by atoms with Crippen LogP contribution in [0.15, 0.2) is 0 Å². The van der Waals surface area contributed by atoms with Gasteiger partial charge in [0.25, 0.3) is 0 Å². The Morgan fingerprint density at radius 1 is 1.10 bits per heavy atom. The second-order valence-electron chi connectivity index (χ2n) is 7.11. The van der Waals surface area contributed by atoms with Crippen molar-refractivity contribution in [3.8, 4) is 6.07 Å². The van der Waals surface area contributed by atoms with Crippen LogP contribution in [0.1, 0.15) is 45.4 Å². The topological polar surface area (TPSA) is 42.3 Å². The third kappa shape index (κ3) is 3.52. The van der Waals surface area contributed by atoms with Crippen LogP contribution < -0.4 is 5.32 Å². The largest absolute Gasteiger partial charge is 0.298 e. The van der Waals surface area contributed by atoms with Crippen LogP contribution in [0.25, 0.3) is 0 Å². The molecule has 112 valence electrons. The lowest BCUT2D eigenvalue weighted by molar-refractivity contribution is 0.0859. The van der Waals surface area contributed by atoms with E-state index >= 15 is 0 Å². The molecule has 0 bridgehead atoms. The molecular formula is C16H28N4. The molecule has 0 aromatic heterocycles. The molecule has 0 aromatic rings. The van der Waals surface area contributed by atoms with Crippen molar-refractivity contribution in [2.45, 2.75) is 63.1 Å². The number of nitrogens with one attached hydrogen (secondary N) is 1. The van der Waals surface area contributed by atoms with Crippen molar-refractivity contribution in [3.63, 3.8) is 0 Å². The molecule has 3 fully saturated rings. The Balaban J connectivity index is 1.46. The Morgan fingerprint density at radius 2 is 1.75 bits per heavy atom. The highest BCUT2D eigenvalue weighted by atomic mass is 15.3. The highest BCUT2D eigenvalue weighted by Crippen LogP contribution is 2.25. The average Bonchev–Trinajstić information content (AvgIpc) is 3.08. The number of nitriles is 1. The first-order chi connectivity index (χ1) is 9.68. The minimum atomic E-state index is -0.364. The molecule has 4 nitrogen and oxygen atoms in total. The molecule has 20 heavy (non-hydrogen) atoms. The molecule has 0 spiro atoms. The van der Waals surface area contributed by atoms with Crippen molar-refractivity contribution in [1.82, 2.24) is 15.1 Å². The van der Waals surface area contributed by atoms with E-state index < -0.39 is 0 Å². The first-order valence-electron chi connectivity index (χ1n) is 8.34. The number of piperazine rings is 1. The summed E-state index contributed by atoms with van der Waals surface area (Å²) in [6.45, 7) is 7.57. The van der Waals surface area contributed by atoms with Gasteiger partial charge in [0, 0.05) is 44.8 Å². The quantitative estimate of drug-likeness (QED) is 0.828. The van der Waals surface area contributed by atoms with Gasteiger partial charge in [0.05, 0.1) is 6.07 Å². The zero-order chi connectivity index (χ0) is 14.0. The number of rotatable bonds is 5. The molecule has 3 aliphatic rings. The van der Waals surface area contributed by atoms with Crippen molar-refractivity contribution in [3.05, 3.63) is 0 Å². The zero-order valence-electron chi connectivity index (χ0n) is 12.8. The van der Waals surface area contributed by atoms with Crippen LogP contribution in [-0.4, -0.2) is 60.1 Å². The first kappa shape index (κ1) is 14.3. The van der Waals surface area contributed by atoms with Gasteiger partial charge in [0.1, 0.15) is 5.54 Å². The van der Waals surface area contributed by atoms with Gasteiger partial charge in [0.2, 0.25) is 0 Å². The molecule has 1 atom stereocenters. The van der Waals surface area contributed by atoms with E-state index in [2.05, 4.69) is 28.1 Å². The van der Waals surface area contributed by atoms with Crippen LogP contribution in [0, 0.1) is 11.3 Å². The molecule has 1 aliphatic heterocycles. The summed E-state index contributed by atoms with van der Waals surface area (Å²) in [4.78, 5) is 5.16. The van der Waals surface area contributed by atoms with Crippen LogP contribution >= 0.6 is 0 Å². The van der Waals surface area contributed by atoms with E-state index in [-0.39, 0.29) is 5.54 Å². The van der Waals surface area contributed by atoms with Crippen LogP contribution in [0.5, 0.6) is 0 Å². The van der Waals surface area contributed by atoms with Crippen molar-refractivity contribution in [2.75, 3.05) is 32.7 Å². The van der Waals surface area contributed by atoms with Crippen LogP contribution in [0.4, 0.5) is 0 Å². The number of hydrogen-bond donors (Lipinski definition) is 1. The normalized spacial score (nSPS) is 29.2. The smallest absolute Gasteiger partial charge is 0.116 e. The molecule has 4 heteroatoms. The van der Waals surface area contributed by atoms with Gasteiger partial charge in [-0.05, 0) is 32.6 Å². The molecule has 0 amide bonds. The van der Waals surface area contributed by atoms with E-state index in [1.54, 1.807) is 0 Å². The number of hydrogen-bond acceptors (Lipinski definition) is 4. The van der Waals surface area contributed by atoms with E-state index in [0.717, 1.165) is 25.7 Å². The second-order valence-corrected chi connectivity index (χ2v) is 7.11. The van der Waals surface area contributed by atoms with Crippen LogP contribution in [0.2, 0.25) is 0 Å². The molecule has 2 saturated carbocycles. The van der Waals surface area contributed by atoms with Gasteiger partial charge in [-0.15, -0.1) is 0 Å². The highest BCUT2D eigenvalue weighted by molar-refractivity contribution is 5.09. The zero-order valence-corrected chi connectivity index (χ0v) is 12.8. The Morgan fingerprint density at radius 3 is 2.30 bits per heavy atom. The van der Waals surface area contributed by atoms with Crippen molar-refractivity contribution < 1.29 is 0 Å². The van der Waals surface area contributed by atoms with Gasteiger partial charge in [0.15, 0.2) is 0 Å². The molecule has 0 radical (unpaired) electrons. The van der Waals surface area contributed by atoms with Gasteiger partial charge in [-0.1, -0.05) is 12.8 Å². The maximum absolute atomic E-state index is 9.47. The molecule has 3 rings (SSSR count). The predicted molar refractivity (Wildman–Crippen MR) is 80.4 cm³/mol. The van der Waals surface area contributed by atoms with E-state index in [9.17, 15) is 5.26 Å². The van der Waals surface area contributed by atoms with Gasteiger partial charge >= 0.3 is 0 Å². The summed E-state index contributed by atoms with van der Waals surface area (Å²) in [5.41, 5.74) is -0.364. The van der Waals surface area contributed by atoms with E-state index in [0.29, 0.717) is 6.04 Å². The fraction of sp³-hybridized carbons (Fsp3) is 0.938. The van der Waals surface area contributed by atoms with Gasteiger partial charge in [-0.25, -0.2) is 0 Å². The summed E-state index contributed by atoms with van der Waals surface area (Å²) in [6.07, 6.45) is 8.13. The number of nitrogens with zero attached hydrogens (tertiary/aromatic N) is 3. The molecule has 0 aromatic carbocycles. The molecular weight excluding hydrogens is 248 g/mol. The lowest BCUT2D eigenvalue weighted by atomic mass is 10.0. The first-order valence-corrected chi connectivity index (χ1v) is 8.34. The second kappa shape index (κ2) is 6.01. The van der Waals surface area contributed by atoms with E-state index in [4.69, 9.17) is 0 Å². The summed E-state index contributed by atoms with van der Waals surface area (Å²) in [5, 5.41) is 13.0. The summed E-state index contributed by atoms with van der Waals surface area (Å²) in [5.74, 6) is 0. The van der Waals surface area contributed by atoms with Crippen molar-refractivity contribution >= 4 is 0 Å². The van der Waals surface area contributed by atoms with Crippen LogP contribution in [-0.2, 0) is 0 Å². The van der Waals surface area contributed by atoms with Gasteiger partial charge in [-0.2, -0.15) is 5.26 Å². The van der Waals surface area contributed by atoms with E-state index in [1.807, 2.05) is 0 Å². The lowest BCUT2D eigenvalue weighted by Gasteiger charge is -2.40. The molecule has 1 N–H and O–H groups in total. The molecule has 1 unspecified atom stereocenters. The molecule has 1 heterocycles. The highest BCUT2D eigenvalue weighted by Gasteiger charge is 2.35. The summed E-state index contributed by atoms with van der Waals surface area (Å²) in [7, 11) is 0. The monoisotopic (exact) mass is 276 g/mol. The fourth-order valence-corrected chi connectivity index (χ4v) is 3.79. The van der Waals surface area contributed by atoms with Crippen molar-refractivity contribution in [2.24, 2.45) is 0 Å². The van der Waals surface area contributed by atoms with E-state index in [1.165, 1.54) is 51.6 Å². The lowest BCUT2D eigenvalue weighted by Crippen LogP contribution is -2.56. The Hall–Kier alpha value is -0.630. The predicted octanol–water partition coefficient (Wildman–Crippen LogP) is 1.58. The SMILES string of the molecule is CC(C#N)(CN1CCN(C2CCCC2)CC1)NC1CC1. The van der Waals surface area contributed by atoms with Crippen molar-refractivity contribution in [1.29, 1.82) is 5.26 Å². The molecule has 2 aliphatic carbocycles. The minimum absolute atomic E-state index is 0.364. The maximum Gasteiger partial charge on any atom is 0.116 e. The van der Waals surface area contributed by atoms with Gasteiger partial charge < -0.3 is 0 Å². The minimum Gasteiger partial charge on any atom is -0.298 e. The third-order valence-corrected chi connectivity index (χ3v) is 5.13. The van der Waals surface area contributed by atoms with Gasteiger partial charge in [-0.3, -0.25) is 15.1 Å². The van der Waals surface area contributed by atoms with Crippen LogP contribution in [0.3, 0.4) is 0 Å². The fourth-order valence-electron chi connectivity index (χ4n) is 3.79. The Bertz CT molecular complexity index is 359. The summed E-state index contributed by atoms with van der Waals surface area (Å²) < 4.78 is 0. The standard InChI is InChI=1S/C16H28N4/c1-16(12-17,18-14-6-7-14)13-19-8-10-20(11-9-19)15-4-2-3-5-15/h14-15,18H,2-11,13H2,1H3. The Kier molecular flexibility index (Phi) is 4.30.